The number of aryl methyl sites for hydroxylation is 2. The zero-order chi connectivity index (χ0) is 18.0. The molecule has 0 saturated carbocycles. The molecule has 0 bridgehead atoms. The second kappa shape index (κ2) is 7.27. The molecule has 3 rings (SSSR count). The van der Waals surface area contributed by atoms with Gasteiger partial charge in [-0.3, -0.25) is 4.68 Å². The SMILES string of the molecule is Cc1nn(C)c(C)c1CCNC(=O)N1CCc2ccccc2[C@H]1CO. The molecule has 1 aliphatic heterocycles. The van der Waals surface area contributed by atoms with Gasteiger partial charge < -0.3 is 15.3 Å². The van der Waals surface area contributed by atoms with E-state index in [4.69, 9.17) is 0 Å². The maximum absolute atomic E-state index is 12.6. The molecule has 0 saturated heterocycles. The van der Waals surface area contributed by atoms with Crippen molar-refractivity contribution < 1.29 is 9.90 Å². The minimum Gasteiger partial charge on any atom is -0.394 e. The quantitative estimate of drug-likeness (QED) is 0.891. The Labute approximate surface area is 148 Å². The molecular weight excluding hydrogens is 316 g/mol. The minimum absolute atomic E-state index is 0.0642. The monoisotopic (exact) mass is 342 g/mol. The van der Waals surface area contributed by atoms with E-state index >= 15 is 0 Å². The number of aliphatic hydroxyl groups is 1. The van der Waals surface area contributed by atoms with Crippen molar-refractivity contribution in [1.82, 2.24) is 20.0 Å². The summed E-state index contributed by atoms with van der Waals surface area (Å²) in [6.07, 6.45) is 1.58. The van der Waals surface area contributed by atoms with Crippen molar-refractivity contribution in [3.05, 3.63) is 52.3 Å². The van der Waals surface area contributed by atoms with Crippen LogP contribution in [0.5, 0.6) is 0 Å². The van der Waals surface area contributed by atoms with Crippen LogP contribution in [0.25, 0.3) is 0 Å². The maximum atomic E-state index is 12.6. The van der Waals surface area contributed by atoms with Crippen LogP contribution in [-0.2, 0) is 19.9 Å². The summed E-state index contributed by atoms with van der Waals surface area (Å²) in [5.74, 6) is 0. The number of nitrogens with one attached hydrogen (secondary N) is 1. The summed E-state index contributed by atoms with van der Waals surface area (Å²) in [5, 5.41) is 17.2. The van der Waals surface area contributed by atoms with Crippen molar-refractivity contribution in [2.75, 3.05) is 19.7 Å². The number of aromatic nitrogens is 2. The number of fused-ring (bicyclic) bond motifs is 1. The molecule has 6 nitrogen and oxygen atoms in total. The lowest BCUT2D eigenvalue weighted by Crippen LogP contribution is -2.47. The first kappa shape index (κ1) is 17.5. The molecule has 0 radical (unpaired) electrons. The molecule has 1 aromatic heterocycles. The Kier molecular flexibility index (Phi) is 5.08. The molecule has 2 heterocycles. The van der Waals surface area contributed by atoms with E-state index in [0.29, 0.717) is 13.1 Å². The zero-order valence-electron chi connectivity index (χ0n) is 15.1. The number of carbonyl (C=O) groups excluding carboxylic acids is 1. The number of rotatable bonds is 4. The summed E-state index contributed by atoms with van der Waals surface area (Å²) in [6.45, 7) is 5.15. The molecule has 134 valence electrons. The van der Waals surface area contributed by atoms with Crippen molar-refractivity contribution in [2.45, 2.75) is 32.7 Å². The van der Waals surface area contributed by atoms with Crippen LogP contribution in [0.15, 0.2) is 24.3 Å². The van der Waals surface area contributed by atoms with E-state index in [1.807, 2.05) is 43.8 Å². The molecule has 2 amide bonds. The Morgan fingerprint density at radius 3 is 2.80 bits per heavy atom. The molecule has 2 N–H and O–H groups in total. The Hall–Kier alpha value is -2.34. The highest BCUT2D eigenvalue weighted by atomic mass is 16.3. The number of aliphatic hydroxyl groups excluding tert-OH is 1. The smallest absolute Gasteiger partial charge is 0.318 e. The highest BCUT2D eigenvalue weighted by Crippen LogP contribution is 2.29. The van der Waals surface area contributed by atoms with Gasteiger partial charge in [0.2, 0.25) is 0 Å². The average Bonchev–Trinajstić information content (AvgIpc) is 2.86. The van der Waals surface area contributed by atoms with E-state index in [0.717, 1.165) is 29.8 Å². The largest absolute Gasteiger partial charge is 0.394 e. The molecule has 0 spiro atoms. The first-order chi connectivity index (χ1) is 12.0. The molecule has 1 atom stereocenters. The van der Waals surface area contributed by atoms with Crippen molar-refractivity contribution in [3.8, 4) is 0 Å². The lowest BCUT2D eigenvalue weighted by molar-refractivity contribution is 0.127. The van der Waals surface area contributed by atoms with Gasteiger partial charge in [-0.25, -0.2) is 4.79 Å². The maximum Gasteiger partial charge on any atom is 0.318 e. The van der Waals surface area contributed by atoms with E-state index in [1.165, 1.54) is 11.1 Å². The molecule has 0 fully saturated rings. The third-order valence-electron chi connectivity index (χ3n) is 5.16. The molecule has 1 aliphatic rings. The van der Waals surface area contributed by atoms with Gasteiger partial charge in [-0.1, -0.05) is 24.3 Å². The van der Waals surface area contributed by atoms with Gasteiger partial charge in [-0.05, 0) is 43.4 Å². The summed E-state index contributed by atoms with van der Waals surface area (Å²) in [6, 6.07) is 7.64. The third-order valence-corrected chi connectivity index (χ3v) is 5.16. The summed E-state index contributed by atoms with van der Waals surface area (Å²) >= 11 is 0. The van der Waals surface area contributed by atoms with Crippen LogP contribution in [0.4, 0.5) is 4.79 Å². The fourth-order valence-electron chi connectivity index (χ4n) is 3.67. The number of hydrogen-bond acceptors (Lipinski definition) is 3. The van der Waals surface area contributed by atoms with Crippen molar-refractivity contribution >= 4 is 6.03 Å². The summed E-state index contributed by atoms with van der Waals surface area (Å²) in [5.41, 5.74) is 5.59. The Morgan fingerprint density at radius 1 is 1.36 bits per heavy atom. The van der Waals surface area contributed by atoms with Crippen LogP contribution in [0.2, 0.25) is 0 Å². The summed E-state index contributed by atoms with van der Waals surface area (Å²) < 4.78 is 1.87. The molecule has 0 unspecified atom stereocenters. The fourth-order valence-corrected chi connectivity index (χ4v) is 3.67. The Bertz CT molecular complexity index is 769. The topological polar surface area (TPSA) is 70.4 Å². The van der Waals surface area contributed by atoms with Crippen molar-refractivity contribution in [2.24, 2.45) is 7.05 Å². The predicted octanol–water partition coefficient (Wildman–Crippen LogP) is 1.88. The second-order valence-electron chi connectivity index (χ2n) is 6.60. The number of urea groups is 1. The fraction of sp³-hybridized carbons (Fsp3) is 0.474. The van der Waals surface area contributed by atoms with Crippen LogP contribution in [0.1, 0.15) is 34.1 Å². The highest BCUT2D eigenvalue weighted by molar-refractivity contribution is 5.75. The van der Waals surface area contributed by atoms with E-state index < -0.39 is 0 Å². The van der Waals surface area contributed by atoms with Gasteiger partial charge in [0, 0.05) is 25.8 Å². The lowest BCUT2D eigenvalue weighted by Gasteiger charge is -2.36. The van der Waals surface area contributed by atoms with Crippen LogP contribution < -0.4 is 5.32 Å². The van der Waals surface area contributed by atoms with Crippen LogP contribution in [0, 0.1) is 13.8 Å². The number of nitrogens with zero attached hydrogens (tertiary/aromatic N) is 3. The van der Waals surface area contributed by atoms with Crippen LogP contribution in [-0.4, -0.2) is 45.5 Å². The summed E-state index contributed by atoms with van der Waals surface area (Å²) in [4.78, 5) is 14.4. The summed E-state index contributed by atoms with van der Waals surface area (Å²) in [7, 11) is 1.93. The van der Waals surface area contributed by atoms with E-state index in [2.05, 4.69) is 16.5 Å². The molecule has 25 heavy (non-hydrogen) atoms. The van der Waals surface area contributed by atoms with Gasteiger partial charge in [0.15, 0.2) is 0 Å². The number of hydrogen-bond donors (Lipinski definition) is 2. The lowest BCUT2D eigenvalue weighted by atomic mass is 9.93. The van der Waals surface area contributed by atoms with E-state index in [1.54, 1.807) is 4.90 Å². The Balaban J connectivity index is 1.63. The van der Waals surface area contributed by atoms with E-state index in [9.17, 15) is 9.90 Å². The molecular formula is C19H26N4O2. The average molecular weight is 342 g/mol. The van der Waals surface area contributed by atoms with Crippen LogP contribution >= 0.6 is 0 Å². The molecule has 2 aromatic rings. The van der Waals surface area contributed by atoms with Gasteiger partial charge >= 0.3 is 6.03 Å². The zero-order valence-corrected chi connectivity index (χ0v) is 15.1. The third kappa shape index (κ3) is 3.39. The Morgan fingerprint density at radius 2 is 2.12 bits per heavy atom. The van der Waals surface area contributed by atoms with Gasteiger partial charge in [0.1, 0.15) is 0 Å². The van der Waals surface area contributed by atoms with Gasteiger partial charge in [-0.15, -0.1) is 0 Å². The number of amides is 2. The standard InChI is InChI=1S/C19H26N4O2/c1-13-16(14(2)22(3)21-13)8-10-20-19(25)23-11-9-15-6-4-5-7-17(15)18(23)12-24/h4-7,18,24H,8-12H2,1-3H3,(H,20,25)/t18-/m1/s1. The predicted molar refractivity (Wildman–Crippen MR) is 96.5 cm³/mol. The first-order valence-corrected chi connectivity index (χ1v) is 8.75. The molecule has 1 aromatic carbocycles. The normalized spacial score (nSPS) is 16.6. The van der Waals surface area contributed by atoms with Crippen LogP contribution in [0.3, 0.4) is 0 Å². The van der Waals surface area contributed by atoms with E-state index in [-0.39, 0.29) is 18.7 Å². The second-order valence-corrected chi connectivity index (χ2v) is 6.60. The molecule has 6 heteroatoms. The van der Waals surface area contributed by atoms with Crippen molar-refractivity contribution in [3.63, 3.8) is 0 Å². The van der Waals surface area contributed by atoms with Gasteiger partial charge in [0.25, 0.3) is 0 Å². The number of carbonyl (C=O) groups is 1. The van der Waals surface area contributed by atoms with Gasteiger partial charge in [-0.2, -0.15) is 5.10 Å². The first-order valence-electron chi connectivity index (χ1n) is 8.75. The van der Waals surface area contributed by atoms with Gasteiger partial charge in [0.05, 0.1) is 18.3 Å². The number of benzene rings is 1. The highest BCUT2D eigenvalue weighted by Gasteiger charge is 2.29. The molecule has 0 aliphatic carbocycles. The minimum atomic E-state index is -0.271. The van der Waals surface area contributed by atoms with Crippen molar-refractivity contribution in [1.29, 1.82) is 0 Å².